The Morgan fingerprint density at radius 2 is 1.78 bits per heavy atom. The van der Waals surface area contributed by atoms with E-state index in [2.05, 4.69) is 5.32 Å². The molecule has 4 rings (SSSR count). The highest BCUT2D eigenvalue weighted by Crippen LogP contribution is 2.27. The Labute approximate surface area is 264 Å². The van der Waals surface area contributed by atoms with Gasteiger partial charge in [-0.3, -0.25) is 14.5 Å². The molecule has 11 nitrogen and oxygen atoms in total. The van der Waals surface area contributed by atoms with Crippen LogP contribution in [0.4, 0.5) is 14.9 Å². The molecule has 0 aliphatic carbocycles. The molecule has 0 bridgehead atoms. The summed E-state index contributed by atoms with van der Waals surface area (Å²) >= 11 is 0. The quantitative estimate of drug-likeness (QED) is 0.318. The number of anilines is 1. The highest BCUT2D eigenvalue weighted by molar-refractivity contribution is 5.71. The number of carbonyl (C=O) groups is 3. The highest BCUT2D eigenvalue weighted by atomic mass is 19.1. The number of amides is 1. The normalized spacial score (nSPS) is 28.4. The lowest BCUT2D eigenvalue weighted by molar-refractivity contribution is -0.151. The standard InChI is InChI=1S/C33H47FN4O7/c1-22-4-6-28(39)20-31(42)45-32(23(2)5-7-29(22)44-33(43)38-10-8-35-9-11-38)24(3)16-25-17-26(34)19-27(18-25)37-14-12-36(13-15-37)21-30(40)41/h5,7,16-19,22-23,28-29,32,35,39H,4,6,8-15,20-21H2,1-3H3,(H,40,41)/b7-5+,24-16+/t22-,23-,28+,29+,32-/m0/s1. The Kier molecular flexibility index (Phi) is 12.4. The van der Waals surface area contributed by atoms with Crippen LogP contribution in [0.2, 0.25) is 0 Å². The maximum absolute atomic E-state index is 14.8. The van der Waals surface area contributed by atoms with E-state index in [1.54, 1.807) is 11.0 Å². The van der Waals surface area contributed by atoms with Gasteiger partial charge >= 0.3 is 18.0 Å². The first-order valence-corrected chi connectivity index (χ1v) is 15.9. The molecular formula is C33H47FN4O7. The van der Waals surface area contributed by atoms with E-state index in [0.717, 1.165) is 0 Å². The number of carboxylic acids is 1. The van der Waals surface area contributed by atoms with Gasteiger partial charge in [0.1, 0.15) is 18.0 Å². The van der Waals surface area contributed by atoms with Crippen molar-refractivity contribution in [3.8, 4) is 0 Å². The van der Waals surface area contributed by atoms with Crippen molar-refractivity contribution in [2.45, 2.75) is 58.3 Å². The second kappa shape index (κ2) is 16.2. The van der Waals surface area contributed by atoms with Crippen molar-refractivity contribution in [2.75, 3.05) is 63.8 Å². The van der Waals surface area contributed by atoms with Gasteiger partial charge in [0.05, 0.1) is 19.1 Å². The van der Waals surface area contributed by atoms with E-state index in [1.807, 2.05) is 48.8 Å². The highest BCUT2D eigenvalue weighted by Gasteiger charge is 2.29. The minimum atomic E-state index is -0.894. The van der Waals surface area contributed by atoms with Gasteiger partial charge in [-0.25, -0.2) is 9.18 Å². The number of cyclic esters (lactones) is 1. The summed E-state index contributed by atoms with van der Waals surface area (Å²) in [5.41, 5.74) is 1.99. The van der Waals surface area contributed by atoms with Crippen molar-refractivity contribution in [3.63, 3.8) is 0 Å². The van der Waals surface area contributed by atoms with Gasteiger partial charge in [-0.1, -0.05) is 26.0 Å². The molecule has 3 aliphatic heterocycles. The van der Waals surface area contributed by atoms with Gasteiger partial charge in [0.2, 0.25) is 0 Å². The maximum atomic E-state index is 14.8. The lowest BCUT2D eigenvalue weighted by Crippen LogP contribution is -2.48. The number of piperazine rings is 2. The first-order valence-electron chi connectivity index (χ1n) is 15.9. The SMILES string of the molecule is C/C(=C\c1cc(F)cc(N2CCN(CC(=O)O)CC2)c1)[C@H]1OC(=O)C[C@H](O)CC[C@H](C)[C@H](OC(=O)N2CCNCC2)/C=C/[C@@H]1C. The third kappa shape index (κ3) is 10.3. The number of carbonyl (C=O) groups excluding carboxylic acids is 2. The summed E-state index contributed by atoms with van der Waals surface area (Å²) in [5, 5.41) is 22.9. The second-order valence-electron chi connectivity index (χ2n) is 12.4. The van der Waals surface area contributed by atoms with Crippen LogP contribution in [0, 0.1) is 17.7 Å². The average molecular weight is 631 g/mol. The zero-order valence-corrected chi connectivity index (χ0v) is 26.5. The molecule has 0 saturated carbocycles. The zero-order valence-electron chi connectivity index (χ0n) is 26.5. The van der Waals surface area contributed by atoms with E-state index >= 15 is 0 Å². The second-order valence-corrected chi connectivity index (χ2v) is 12.4. The number of benzene rings is 1. The van der Waals surface area contributed by atoms with Crippen LogP contribution < -0.4 is 10.2 Å². The van der Waals surface area contributed by atoms with Gasteiger partial charge in [0, 0.05) is 64.0 Å². The van der Waals surface area contributed by atoms with Crippen LogP contribution in [0.1, 0.15) is 45.6 Å². The molecule has 3 N–H and O–H groups in total. The lowest BCUT2D eigenvalue weighted by Gasteiger charge is -2.35. The number of nitrogens with zero attached hydrogens (tertiary/aromatic N) is 3. The van der Waals surface area contributed by atoms with Gasteiger partial charge < -0.3 is 34.8 Å². The molecule has 1 amide bonds. The number of halogens is 1. The zero-order chi connectivity index (χ0) is 32.5. The predicted molar refractivity (Wildman–Crippen MR) is 168 cm³/mol. The molecular weight excluding hydrogens is 583 g/mol. The van der Waals surface area contributed by atoms with Gasteiger partial charge in [-0.15, -0.1) is 0 Å². The number of carboxylic acid groups (broad SMARTS) is 1. The summed E-state index contributed by atoms with van der Waals surface area (Å²) in [6, 6.07) is 4.75. The fraction of sp³-hybridized carbons (Fsp3) is 0.606. The molecule has 5 atom stereocenters. The number of hydrogen-bond donors (Lipinski definition) is 3. The minimum absolute atomic E-state index is 0.0216. The van der Waals surface area contributed by atoms with Crippen LogP contribution in [0.15, 0.2) is 35.9 Å². The topological polar surface area (TPSA) is 132 Å². The fourth-order valence-electron chi connectivity index (χ4n) is 6.05. The van der Waals surface area contributed by atoms with E-state index < -0.39 is 36.1 Å². The Hall–Kier alpha value is -3.48. The van der Waals surface area contributed by atoms with Crippen molar-refractivity contribution in [1.29, 1.82) is 0 Å². The molecule has 2 fully saturated rings. The number of hydrogen-bond acceptors (Lipinski definition) is 9. The summed E-state index contributed by atoms with van der Waals surface area (Å²) in [4.78, 5) is 42.4. The number of aliphatic hydroxyl groups excluding tert-OH is 1. The molecule has 3 aliphatic rings. The number of nitrogens with one attached hydrogen (secondary N) is 1. The van der Waals surface area contributed by atoms with Crippen molar-refractivity contribution in [1.82, 2.24) is 15.1 Å². The van der Waals surface area contributed by atoms with Crippen LogP contribution >= 0.6 is 0 Å². The lowest BCUT2D eigenvalue weighted by atomic mass is 9.91. The third-order valence-corrected chi connectivity index (χ3v) is 8.72. The Morgan fingerprint density at radius 1 is 1.07 bits per heavy atom. The maximum Gasteiger partial charge on any atom is 0.410 e. The fourth-order valence-corrected chi connectivity index (χ4v) is 6.05. The number of aliphatic hydroxyl groups is 1. The van der Waals surface area contributed by atoms with Gasteiger partial charge in [0.25, 0.3) is 0 Å². The molecule has 45 heavy (non-hydrogen) atoms. The molecule has 3 heterocycles. The first-order chi connectivity index (χ1) is 21.5. The van der Waals surface area contributed by atoms with Crippen LogP contribution in [-0.4, -0.2) is 115 Å². The average Bonchev–Trinajstić information content (AvgIpc) is 3.00. The largest absolute Gasteiger partial charge is 0.480 e. The molecule has 12 heteroatoms. The van der Waals surface area contributed by atoms with Crippen molar-refractivity contribution in [3.05, 3.63) is 47.3 Å². The number of rotatable bonds is 6. The Balaban J connectivity index is 1.54. The number of aliphatic carboxylic acids is 1. The Morgan fingerprint density at radius 3 is 2.47 bits per heavy atom. The molecule has 248 valence electrons. The van der Waals surface area contributed by atoms with Gasteiger partial charge in [-0.2, -0.15) is 0 Å². The minimum Gasteiger partial charge on any atom is -0.480 e. The molecule has 2 saturated heterocycles. The van der Waals surface area contributed by atoms with Crippen LogP contribution in [0.5, 0.6) is 0 Å². The third-order valence-electron chi connectivity index (χ3n) is 8.72. The van der Waals surface area contributed by atoms with Crippen molar-refractivity contribution >= 4 is 29.8 Å². The van der Waals surface area contributed by atoms with E-state index in [1.165, 1.54) is 12.1 Å². The van der Waals surface area contributed by atoms with Crippen LogP contribution in [0.25, 0.3) is 6.08 Å². The van der Waals surface area contributed by atoms with E-state index in [4.69, 9.17) is 14.6 Å². The molecule has 0 unspecified atom stereocenters. The van der Waals surface area contributed by atoms with Crippen molar-refractivity contribution in [2.24, 2.45) is 11.8 Å². The van der Waals surface area contributed by atoms with Crippen LogP contribution in [0.3, 0.4) is 0 Å². The monoisotopic (exact) mass is 630 g/mol. The van der Waals surface area contributed by atoms with E-state index in [-0.39, 0.29) is 30.9 Å². The molecule has 0 aromatic heterocycles. The summed E-state index contributed by atoms with van der Waals surface area (Å²) in [6.45, 7) is 10.5. The van der Waals surface area contributed by atoms with Crippen LogP contribution in [-0.2, 0) is 19.1 Å². The molecule has 1 aromatic carbocycles. The molecule has 0 spiro atoms. The predicted octanol–water partition coefficient (Wildman–Crippen LogP) is 3.13. The van der Waals surface area contributed by atoms with Gasteiger partial charge in [0.15, 0.2) is 0 Å². The molecule has 1 aromatic rings. The summed E-state index contributed by atoms with van der Waals surface area (Å²) < 4.78 is 26.7. The summed E-state index contributed by atoms with van der Waals surface area (Å²) in [5.74, 6) is -2.20. The molecule has 0 radical (unpaired) electrons. The smallest absolute Gasteiger partial charge is 0.410 e. The number of ether oxygens (including phenoxy) is 2. The summed E-state index contributed by atoms with van der Waals surface area (Å²) in [6.07, 6.45) is 3.81. The van der Waals surface area contributed by atoms with E-state index in [9.17, 15) is 23.9 Å². The summed E-state index contributed by atoms with van der Waals surface area (Å²) in [7, 11) is 0. The Bertz CT molecular complexity index is 1240. The number of esters is 1. The van der Waals surface area contributed by atoms with Gasteiger partial charge in [-0.05, 0) is 61.1 Å². The van der Waals surface area contributed by atoms with Crippen molar-refractivity contribution < 1.29 is 38.5 Å². The van der Waals surface area contributed by atoms with E-state index in [0.29, 0.717) is 82.0 Å². The first kappa shape index (κ1) is 34.4.